The predicted molar refractivity (Wildman–Crippen MR) is 77.8 cm³/mol. The summed E-state index contributed by atoms with van der Waals surface area (Å²) in [6.45, 7) is 7.06. The minimum absolute atomic E-state index is 0.429. The van der Waals surface area contributed by atoms with Crippen molar-refractivity contribution in [2.75, 3.05) is 27.7 Å². The van der Waals surface area contributed by atoms with Gasteiger partial charge in [0.05, 0.1) is 26.0 Å². The standard InChI is InChI=1S/C14H27N3O3/c1-14(2,3)13(19)12(18)11-10(20-6)9-15-17(11)8-7-16(4)5/h9,12-13,18-19H,7-8H2,1-6H3. The number of aromatic nitrogens is 2. The van der Waals surface area contributed by atoms with Gasteiger partial charge in [0, 0.05) is 6.54 Å². The summed E-state index contributed by atoms with van der Waals surface area (Å²) in [5, 5.41) is 25.0. The Balaban J connectivity index is 3.04. The maximum Gasteiger partial charge on any atom is 0.162 e. The molecular weight excluding hydrogens is 258 g/mol. The predicted octanol–water partition coefficient (Wildman–Crippen LogP) is 0.894. The molecule has 0 aliphatic rings. The van der Waals surface area contributed by atoms with Gasteiger partial charge in [0.25, 0.3) is 0 Å². The van der Waals surface area contributed by atoms with E-state index in [1.807, 2.05) is 39.8 Å². The van der Waals surface area contributed by atoms with Crippen LogP contribution < -0.4 is 4.74 Å². The van der Waals surface area contributed by atoms with Crippen molar-refractivity contribution in [1.29, 1.82) is 0 Å². The van der Waals surface area contributed by atoms with Crippen LogP contribution in [0.15, 0.2) is 6.20 Å². The van der Waals surface area contributed by atoms with E-state index in [2.05, 4.69) is 5.10 Å². The van der Waals surface area contributed by atoms with Gasteiger partial charge in [-0.2, -0.15) is 5.10 Å². The topological polar surface area (TPSA) is 70.8 Å². The highest BCUT2D eigenvalue weighted by molar-refractivity contribution is 5.28. The molecule has 2 atom stereocenters. The van der Waals surface area contributed by atoms with Crippen molar-refractivity contribution < 1.29 is 14.9 Å². The molecule has 0 saturated heterocycles. The van der Waals surface area contributed by atoms with Crippen LogP contribution in [0.5, 0.6) is 5.75 Å². The Morgan fingerprint density at radius 2 is 1.95 bits per heavy atom. The lowest BCUT2D eigenvalue weighted by molar-refractivity contribution is -0.0505. The van der Waals surface area contributed by atoms with Gasteiger partial charge < -0.3 is 19.8 Å². The highest BCUT2D eigenvalue weighted by Gasteiger charge is 2.34. The molecule has 0 bridgehead atoms. The molecule has 1 aromatic rings. The molecular formula is C14H27N3O3. The Morgan fingerprint density at radius 3 is 2.40 bits per heavy atom. The quantitative estimate of drug-likeness (QED) is 0.812. The van der Waals surface area contributed by atoms with Crippen LogP contribution in [-0.4, -0.2) is 58.7 Å². The number of likely N-dealkylation sites (N-methyl/N-ethyl adjacent to an activating group) is 1. The molecule has 1 aromatic heterocycles. The van der Waals surface area contributed by atoms with Crippen molar-refractivity contribution in [3.05, 3.63) is 11.9 Å². The maximum atomic E-state index is 10.5. The summed E-state index contributed by atoms with van der Waals surface area (Å²) in [6.07, 6.45) is -0.357. The molecule has 0 spiro atoms. The second-order valence-electron chi connectivity index (χ2n) is 6.38. The van der Waals surface area contributed by atoms with Crippen molar-refractivity contribution >= 4 is 0 Å². The second-order valence-corrected chi connectivity index (χ2v) is 6.38. The van der Waals surface area contributed by atoms with E-state index in [-0.39, 0.29) is 0 Å². The zero-order chi connectivity index (χ0) is 15.5. The first-order chi connectivity index (χ1) is 9.18. The molecule has 0 aliphatic heterocycles. The molecule has 6 heteroatoms. The molecule has 0 aliphatic carbocycles. The molecule has 6 nitrogen and oxygen atoms in total. The van der Waals surface area contributed by atoms with Crippen LogP contribution in [0.1, 0.15) is 32.6 Å². The Hall–Kier alpha value is -1.11. The lowest BCUT2D eigenvalue weighted by Crippen LogP contribution is -2.34. The number of aliphatic hydroxyl groups excluding tert-OH is 2. The Morgan fingerprint density at radius 1 is 1.35 bits per heavy atom. The maximum absolute atomic E-state index is 10.5. The summed E-state index contributed by atoms with van der Waals surface area (Å²) in [4.78, 5) is 2.03. The first-order valence-corrected chi connectivity index (χ1v) is 6.79. The van der Waals surface area contributed by atoms with E-state index in [1.54, 1.807) is 10.9 Å². The van der Waals surface area contributed by atoms with E-state index < -0.39 is 17.6 Å². The number of methoxy groups -OCH3 is 1. The molecule has 1 heterocycles. The van der Waals surface area contributed by atoms with Crippen LogP contribution in [0.3, 0.4) is 0 Å². The third-order valence-electron chi connectivity index (χ3n) is 3.29. The summed E-state index contributed by atoms with van der Waals surface area (Å²) in [5.74, 6) is 0.500. The van der Waals surface area contributed by atoms with Crippen LogP contribution in [0.4, 0.5) is 0 Å². The molecule has 0 aromatic carbocycles. The van der Waals surface area contributed by atoms with E-state index in [0.29, 0.717) is 18.0 Å². The van der Waals surface area contributed by atoms with Crippen molar-refractivity contribution in [2.24, 2.45) is 5.41 Å². The number of aliphatic hydroxyl groups is 2. The molecule has 2 unspecified atom stereocenters. The number of rotatable bonds is 6. The van der Waals surface area contributed by atoms with Gasteiger partial charge in [0.1, 0.15) is 11.8 Å². The molecule has 20 heavy (non-hydrogen) atoms. The van der Waals surface area contributed by atoms with Crippen LogP contribution in [0.25, 0.3) is 0 Å². The van der Waals surface area contributed by atoms with E-state index in [1.165, 1.54) is 7.11 Å². The molecule has 0 saturated carbocycles. The summed E-state index contributed by atoms with van der Waals surface area (Å²) >= 11 is 0. The van der Waals surface area contributed by atoms with Crippen LogP contribution in [0.2, 0.25) is 0 Å². The lowest BCUT2D eigenvalue weighted by atomic mass is 9.85. The minimum Gasteiger partial charge on any atom is -0.493 e. The molecule has 0 radical (unpaired) electrons. The van der Waals surface area contributed by atoms with Gasteiger partial charge in [-0.1, -0.05) is 20.8 Å². The van der Waals surface area contributed by atoms with Gasteiger partial charge >= 0.3 is 0 Å². The number of ether oxygens (including phenoxy) is 1. The fourth-order valence-corrected chi connectivity index (χ4v) is 1.93. The van der Waals surface area contributed by atoms with Crippen LogP contribution in [-0.2, 0) is 6.54 Å². The fourth-order valence-electron chi connectivity index (χ4n) is 1.93. The van der Waals surface area contributed by atoms with E-state index in [0.717, 1.165) is 6.54 Å². The van der Waals surface area contributed by atoms with Gasteiger partial charge in [0.15, 0.2) is 5.75 Å². The van der Waals surface area contributed by atoms with E-state index in [9.17, 15) is 10.2 Å². The number of hydrogen-bond acceptors (Lipinski definition) is 5. The largest absolute Gasteiger partial charge is 0.493 e. The minimum atomic E-state index is -1.03. The first kappa shape index (κ1) is 16.9. The third kappa shape index (κ3) is 3.94. The Bertz CT molecular complexity index is 424. The third-order valence-corrected chi connectivity index (χ3v) is 3.29. The van der Waals surface area contributed by atoms with E-state index in [4.69, 9.17) is 4.74 Å². The zero-order valence-corrected chi connectivity index (χ0v) is 13.3. The fraction of sp³-hybridized carbons (Fsp3) is 0.786. The molecule has 0 fully saturated rings. The molecule has 1 rings (SSSR count). The van der Waals surface area contributed by atoms with Gasteiger partial charge in [-0.25, -0.2) is 0 Å². The smallest absolute Gasteiger partial charge is 0.162 e. The summed E-state index contributed by atoms with van der Waals surface area (Å²) in [5.41, 5.74) is 0.0953. The SMILES string of the molecule is COc1cnn(CCN(C)C)c1C(O)C(O)C(C)(C)C. The average molecular weight is 285 g/mol. The van der Waals surface area contributed by atoms with Crippen molar-refractivity contribution in [1.82, 2.24) is 14.7 Å². The highest BCUT2D eigenvalue weighted by atomic mass is 16.5. The average Bonchev–Trinajstić information content (AvgIpc) is 2.76. The molecule has 0 amide bonds. The summed E-state index contributed by atoms with van der Waals surface area (Å²) in [7, 11) is 5.48. The van der Waals surface area contributed by atoms with Crippen LogP contribution >= 0.6 is 0 Å². The highest BCUT2D eigenvalue weighted by Crippen LogP contribution is 2.34. The summed E-state index contributed by atoms with van der Waals surface area (Å²) < 4.78 is 6.94. The molecule has 2 N–H and O–H groups in total. The van der Waals surface area contributed by atoms with Crippen LogP contribution in [0, 0.1) is 5.41 Å². The van der Waals surface area contributed by atoms with Gasteiger partial charge in [-0.15, -0.1) is 0 Å². The monoisotopic (exact) mass is 285 g/mol. The number of nitrogens with zero attached hydrogens (tertiary/aromatic N) is 3. The van der Waals surface area contributed by atoms with Gasteiger partial charge in [-0.05, 0) is 19.5 Å². The molecule has 116 valence electrons. The van der Waals surface area contributed by atoms with Crippen molar-refractivity contribution in [2.45, 2.75) is 39.5 Å². The van der Waals surface area contributed by atoms with Crippen molar-refractivity contribution in [3.8, 4) is 5.75 Å². The van der Waals surface area contributed by atoms with Crippen molar-refractivity contribution in [3.63, 3.8) is 0 Å². The lowest BCUT2D eigenvalue weighted by Gasteiger charge is -2.30. The normalized spacial score (nSPS) is 15.4. The zero-order valence-electron chi connectivity index (χ0n) is 13.3. The summed E-state index contributed by atoms with van der Waals surface area (Å²) in [6, 6.07) is 0. The van der Waals surface area contributed by atoms with Gasteiger partial charge in [0.2, 0.25) is 0 Å². The van der Waals surface area contributed by atoms with E-state index >= 15 is 0 Å². The van der Waals surface area contributed by atoms with Gasteiger partial charge in [-0.3, -0.25) is 4.68 Å². The first-order valence-electron chi connectivity index (χ1n) is 6.79. The number of hydrogen-bond donors (Lipinski definition) is 2. The Kier molecular flexibility index (Phi) is 5.56. The Labute approximate surface area is 121 Å². The second kappa shape index (κ2) is 6.56.